The van der Waals surface area contributed by atoms with Crippen LogP contribution in [0.4, 0.5) is 0 Å². The normalized spacial score (nSPS) is 9.65. The molecule has 88 valence electrons. The molecule has 0 amide bonds. The summed E-state index contributed by atoms with van der Waals surface area (Å²) < 4.78 is 0. The van der Waals surface area contributed by atoms with E-state index in [9.17, 15) is 0 Å². The number of hydrogen-bond acceptors (Lipinski definition) is 3. The standard InChI is InChI=1S/C12H13N3S2/c1-2-3-7-4-5-8(6-13)10(12(15)17)9(7)11(14)16/h4-5H,2-3H2,1H3,(H2,14,16)(H2,15,17). The molecular weight excluding hydrogens is 250 g/mol. The van der Waals surface area contributed by atoms with Crippen LogP contribution in [0.5, 0.6) is 0 Å². The van der Waals surface area contributed by atoms with Gasteiger partial charge in [-0.05, 0) is 18.1 Å². The highest BCUT2D eigenvalue weighted by Crippen LogP contribution is 2.20. The maximum absolute atomic E-state index is 9.05. The summed E-state index contributed by atoms with van der Waals surface area (Å²) >= 11 is 10.0. The first-order valence-electron chi connectivity index (χ1n) is 5.18. The quantitative estimate of drug-likeness (QED) is 0.810. The van der Waals surface area contributed by atoms with Crippen LogP contribution in [0.15, 0.2) is 12.1 Å². The van der Waals surface area contributed by atoms with E-state index >= 15 is 0 Å². The number of rotatable bonds is 4. The molecule has 1 rings (SSSR count). The Balaban J connectivity index is 3.60. The van der Waals surface area contributed by atoms with Crippen molar-refractivity contribution in [1.29, 1.82) is 5.26 Å². The number of thiocarbonyl (C=S) groups is 2. The van der Waals surface area contributed by atoms with Crippen molar-refractivity contribution in [2.45, 2.75) is 19.8 Å². The third kappa shape index (κ3) is 2.78. The molecule has 0 radical (unpaired) electrons. The molecule has 0 aliphatic heterocycles. The van der Waals surface area contributed by atoms with Gasteiger partial charge in [-0.2, -0.15) is 5.26 Å². The molecule has 0 saturated heterocycles. The fourth-order valence-corrected chi connectivity index (χ4v) is 2.20. The summed E-state index contributed by atoms with van der Waals surface area (Å²) in [6.45, 7) is 2.06. The van der Waals surface area contributed by atoms with E-state index in [1.807, 2.05) is 6.07 Å². The molecular formula is C12H13N3S2. The van der Waals surface area contributed by atoms with Gasteiger partial charge in [-0.25, -0.2) is 0 Å². The molecule has 1 aromatic rings. The van der Waals surface area contributed by atoms with Crippen LogP contribution in [0, 0.1) is 11.3 Å². The van der Waals surface area contributed by atoms with Crippen molar-refractivity contribution >= 4 is 34.4 Å². The van der Waals surface area contributed by atoms with Gasteiger partial charge in [0.25, 0.3) is 0 Å². The van der Waals surface area contributed by atoms with Crippen LogP contribution in [0.1, 0.15) is 35.6 Å². The zero-order chi connectivity index (χ0) is 13.0. The van der Waals surface area contributed by atoms with Crippen molar-refractivity contribution in [2.75, 3.05) is 0 Å². The molecule has 0 unspecified atom stereocenters. The van der Waals surface area contributed by atoms with E-state index in [2.05, 4.69) is 13.0 Å². The van der Waals surface area contributed by atoms with Gasteiger partial charge < -0.3 is 11.5 Å². The number of aryl methyl sites for hydroxylation is 1. The predicted molar refractivity (Wildman–Crippen MR) is 76.9 cm³/mol. The van der Waals surface area contributed by atoms with Crippen LogP contribution in [0.25, 0.3) is 0 Å². The Labute approximate surface area is 111 Å². The van der Waals surface area contributed by atoms with Gasteiger partial charge >= 0.3 is 0 Å². The van der Waals surface area contributed by atoms with E-state index < -0.39 is 0 Å². The molecule has 5 heteroatoms. The molecule has 0 heterocycles. The Morgan fingerprint density at radius 1 is 1.24 bits per heavy atom. The lowest BCUT2D eigenvalue weighted by Crippen LogP contribution is -2.22. The second-order valence-corrected chi connectivity index (χ2v) is 4.49. The summed E-state index contributed by atoms with van der Waals surface area (Å²) in [5, 5.41) is 9.05. The number of nitrogens with two attached hydrogens (primary N) is 2. The SMILES string of the molecule is CCCc1ccc(C#N)c(C(N)=S)c1C(N)=S. The molecule has 3 nitrogen and oxygen atoms in total. The van der Waals surface area contributed by atoms with Crippen LogP contribution in [0.3, 0.4) is 0 Å². The highest BCUT2D eigenvalue weighted by Gasteiger charge is 2.16. The maximum Gasteiger partial charge on any atom is 0.106 e. The van der Waals surface area contributed by atoms with Gasteiger partial charge in [0, 0.05) is 11.1 Å². The summed E-state index contributed by atoms with van der Waals surface area (Å²) in [5.74, 6) is 0. The van der Waals surface area contributed by atoms with Gasteiger partial charge in [-0.1, -0.05) is 43.8 Å². The van der Waals surface area contributed by atoms with Crippen LogP contribution < -0.4 is 11.5 Å². The van der Waals surface area contributed by atoms with Gasteiger partial charge in [0.15, 0.2) is 0 Å². The molecule has 0 atom stereocenters. The van der Waals surface area contributed by atoms with Crippen LogP contribution >= 0.6 is 24.4 Å². The molecule has 1 aromatic carbocycles. The van der Waals surface area contributed by atoms with Gasteiger partial charge in [0.05, 0.1) is 11.6 Å². The van der Waals surface area contributed by atoms with Crippen LogP contribution in [-0.4, -0.2) is 9.98 Å². The molecule has 0 spiro atoms. The second-order valence-electron chi connectivity index (χ2n) is 3.61. The van der Waals surface area contributed by atoms with Gasteiger partial charge in [-0.3, -0.25) is 0 Å². The maximum atomic E-state index is 9.05. The fourth-order valence-electron chi connectivity index (χ4n) is 1.75. The lowest BCUT2D eigenvalue weighted by molar-refractivity contribution is 0.919. The Morgan fingerprint density at radius 2 is 1.82 bits per heavy atom. The van der Waals surface area contributed by atoms with Crippen molar-refractivity contribution in [3.05, 3.63) is 34.4 Å². The minimum Gasteiger partial charge on any atom is -0.389 e. The first-order valence-corrected chi connectivity index (χ1v) is 6.00. The van der Waals surface area contributed by atoms with E-state index in [0.717, 1.165) is 18.4 Å². The van der Waals surface area contributed by atoms with Crippen LogP contribution in [-0.2, 0) is 6.42 Å². The van der Waals surface area contributed by atoms with Gasteiger partial charge in [0.1, 0.15) is 9.98 Å². The van der Waals surface area contributed by atoms with Crippen molar-refractivity contribution in [3.8, 4) is 6.07 Å². The zero-order valence-corrected chi connectivity index (χ0v) is 11.1. The summed E-state index contributed by atoms with van der Waals surface area (Å²) in [7, 11) is 0. The van der Waals surface area contributed by atoms with E-state index in [1.165, 1.54) is 0 Å². The number of nitrogens with zero attached hydrogens (tertiary/aromatic N) is 1. The fraction of sp³-hybridized carbons (Fsp3) is 0.250. The molecule has 0 saturated carbocycles. The van der Waals surface area contributed by atoms with E-state index in [1.54, 1.807) is 6.07 Å². The minimum absolute atomic E-state index is 0.155. The van der Waals surface area contributed by atoms with Crippen molar-refractivity contribution in [1.82, 2.24) is 0 Å². The smallest absolute Gasteiger partial charge is 0.106 e. The molecule has 4 N–H and O–H groups in total. The highest BCUT2D eigenvalue weighted by molar-refractivity contribution is 7.81. The van der Waals surface area contributed by atoms with Crippen LogP contribution in [0.2, 0.25) is 0 Å². The Hall–Kier alpha value is -1.51. The summed E-state index contributed by atoms with van der Waals surface area (Å²) in [6, 6.07) is 5.63. The Kier molecular flexibility index (Phi) is 4.55. The topological polar surface area (TPSA) is 75.8 Å². The first-order chi connectivity index (χ1) is 8.02. The molecule has 0 aliphatic carbocycles. The summed E-state index contributed by atoms with van der Waals surface area (Å²) in [4.78, 5) is 0.385. The second kappa shape index (κ2) is 5.71. The molecule has 0 aliphatic rings. The largest absolute Gasteiger partial charge is 0.389 e. The third-order valence-corrected chi connectivity index (χ3v) is 2.83. The molecule has 0 fully saturated rings. The van der Waals surface area contributed by atoms with Crippen molar-refractivity contribution in [3.63, 3.8) is 0 Å². The third-order valence-electron chi connectivity index (χ3n) is 2.42. The lowest BCUT2D eigenvalue weighted by atomic mass is 9.94. The summed E-state index contributed by atoms with van der Waals surface area (Å²) in [5.41, 5.74) is 13.9. The van der Waals surface area contributed by atoms with Gasteiger partial charge in [0.2, 0.25) is 0 Å². The van der Waals surface area contributed by atoms with E-state index in [4.69, 9.17) is 41.2 Å². The lowest BCUT2D eigenvalue weighted by Gasteiger charge is -2.14. The highest BCUT2D eigenvalue weighted by atomic mass is 32.1. The van der Waals surface area contributed by atoms with Crippen molar-refractivity contribution < 1.29 is 0 Å². The molecule has 0 aromatic heterocycles. The number of nitriles is 1. The minimum atomic E-state index is 0.155. The predicted octanol–water partition coefficient (Wildman–Crippen LogP) is 1.78. The first kappa shape index (κ1) is 13.6. The zero-order valence-electron chi connectivity index (χ0n) is 9.49. The Morgan fingerprint density at radius 3 is 2.24 bits per heavy atom. The number of benzene rings is 1. The van der Waals surface area contributed by atoms with Gasteiger partial charge in [-0.15, -0.1) is 0 Å². The summed E-state index contributed by atoms with van der Waals surface area (Å²) in [6.07, 6.45) is 1.78. The van der Waals surface area contributed by atoms with Crippen molar-refractivity contribution in [2.24, 2.45) is 11.5 Å². The Bertz CT molecular complexity index is 515. The average molecular weight is 263 g/mol. The molecule has 0 bridgehead atoms. The monoisotopic (exact) mass is 263 g/mol. The van der Waals surface area contributed by atoms with E-state index in [0.29, 0.717) is 16.7 Å². The average Bonchev–Trinajstić information content (AvgIpc) is 2.28. The number of hydrogen-bond donors (Lipinski definition) is 2. The van der Waals surface area contributed by atoms with E-state index in [-0.39, 0.29) is 9.98 Å². The molecule has 17 heavy (non-hydrogen) atoms.